The third-order valence-electron chi connectivity index (χ3n) is 3.29. The summed E-state index contributed by atoms with van der Waals surface area (Å²) in [6.45, 7) is 2.47. The van der Waals surface area contributed by atoms with Crippen molar-refractivity contribution in [1.82, 2.24) is 4.90 Å². The molecule has 0 radical (unpaired) electrons. The van der Waals surface area contributed by atoms with E-state index in [0.29, 0.717) is 11.5 Å². The van der Waals surface area contributed by atoms with Crippen LogP contribution in [-0.4, -0.2) is 36.2 Å². The smallest absolute Gasteiger partial charge is 0.123 e. The summed E-state index contributed by atoms with van der Waals surface area (Å²) >= 11 is 4.99. The number of nitrogens with two attached hydrogens (primary N) is 1. The van der Waals surface area contributed by atoms with E-state index in [0.717, 1.165) is 30.6 Å². The Bertz CT molecular complexity index is 453. The van der Waals surface area contributed by atoms with Crippen molar-refractivity contribution in [2.45, 2.75) is 19.1 Å². The van der Waals surface area contributed by atoms with Gasteiger partial charge in [-0.1, -0.05) is 12.2 Å². The van der Waals surface area contributed by atoms with Gasteiger partial charge in [-0.2, -0.15) is 0 Å². The Morgan fingerprint density at radius 3 is 3.00 bits per heavy atom. The number of rotatable bonds is 4. The molecule has 1 atom stereocenters. The quantitative estimate of drug-likeness (QED) is 0.843. The summed E-state index contributed by atoms with van der Waals surface area (Å²) in [6, 6.07) is 4.55. The van der Waals surface area contributed by atoms with Gasteiger partial charge in [0.05, 0.1) is 6.10 Å². The van der Waals surface area contributed by atoms with Crippen molar-refractivity contribution in [3.63, 3.8) is 0 Å². The fourth-order valence-electron chi connectivity index (χ4n) is 2.31. The minimum absolute atomic E-state index is 0.257. The van der Waals surface area contributed by atoms with Crippen LogP contribution in [0.5, 0.6) is 0 Å². The molecule has 1 aliphatic heterocycles. The van der Waals surface area contributed by atoms with E-state index in [-0.39, 0.29) is 11.9 Å². The molecule has 0 saturated carbocycles. The molecule has 2 rings (SSSR count). The summed E-state index contributed by atoms with van der Waals surface area (Å²) in [4.78, 5) is 2.54. The maximum Gasteiger partial charge on any atom is 0.123 e. The predicted molar refractivity (Wildman–Crippen MR) is 73.0 cm³/mol. The second-order valence-electron chi connectivity index (χ2n) is 4.55. The van der Waals surface area contributed by atoms with Crippen LogP contribution in [0.2, 0.25) is 0 Å². The van der Waals surface area contributed by atoms with Crippen LogP contribution in [0.4, 0.5) is 4.39 Å². The lowest BCUT2D eigenvalue weighted by molar-refractivity contribution is 0.107. The van der Waals surface area contributed by atoms with Gasteiger partial charge in [-0.3, -0.25) is 4.90 Å². The zero-order valence-electron chi connectivity index (χ0n) is 10.4. The molecule has 0 aliphatic carbocycles. The maximum atomic E-state index is 13.3. The average Bonchev–Trinajstić information content (AvgIpc) is 2.76. The molecule has 0 aromatic heterocycles. The number of likely N-dealkylation sites (tertiary alicyclic amines) is 1. The first-order valence-corrected chi connectivity index (χ1v) is 6.34. The third kappa shape index (κ3) is 3.04. The van der Waals surface area contributed by atoms with Gasteiger partial charge in [0.1, 0.15) is 10.8 Å². The fourth-order valence-corrected chi connectivity index (χ4v) is 2.51. The minimum atomic E-state index is -0.257. The Balaban J connectivity index is 2.13. The molecule has 1 unspecified atom stereocenters. The number of halogens is 1. The molecule has 1 saturated heterocycles. The molecule has 98 valence electrons. The van der Waals surface area contributed by atoms with E-state index in [4.69, 9.17) is 22.7 Å². The Kier molecular flexibility index (Phi) is 4.27. The van der Waals surface area contributed by atoms with Gasteiger partial charge in [-0.25, -0.2) is 4.39 Å². The summed E-state index contributed by atoms with van der Waals surface area (Å²) in [5, 5.41) is 0. The molecule has 1 aromatic rings. The van der Waals surface area contributed by atoms with Crippen LogP contribution in [0.25, 0.3) is 0 Å². The SMILES string of the molecule is COC1CCN(Cc2cc(F)ccc2C(N)=S)C1. The molecular weight excluding hydrogens is 251 g/mol. The lowest BCUT2D eigenvalue weighted by atomic mass is 10.1. The van der Waals surface area contributed by atoms with Crippen molar-refractivity contribution in [2.75, 3.05) is 20.2 Å². The number of hydrogen-bond acceptors (Lipinski definition) is 3. The molecule has 18 heavy (non-hydrogen) atoms. The zero-order valence-corrected chi connectivity index (χ0v) is 11.2. The standard InChI is InChI=1S/C13H17FN2OS/c1-17-11-4-5-16(8-11)7-9-6-10(14)2-3-12(9)13(15)18/h2-3,6,11H,4-5,7-8H2,1H3,(H2,15,18). The van der Waals surface area contributed by atoms with E-state index >= 15 is 0 Å². The molecule has 0 spiro atoms. The number of ether oxygens (including phenoxy) is 1. The monoisotopic (exact) mass is 268 g/mol. The highest BCUT2D eigenvalue weighted by molar-refractivity contribution is 7.80. The predicted octanol–water partition coefficient (Wildman–Crippen LogP) is 1.68. The van der Waals surface area contributed by atoms with Crippen LogP contribution in [0.1, 0.15) is 17.5 Å². The van der Waals surface area contributed by atoms with Gasteiger partial charge in [0.25, 0.3) is 0 Å². The fraction of sp³-hybridized carbons (Fsp3) is 0.462. The van der Waals surface area contributed by atoms with Gasteiger partial charge in [0.15, 0.2) is 0 Å². The topological polar surface area (TPSA) is 38.5 Å². The van der Waals surface area contributed by atoms with Crippen molar-refractivity contribution in [1.29, 1.82) is 0 Å². The Morgan fingerprint density at radius 1 is 1.61 bits per heavy atom. The first kappa shape index (κ1) is 13.4. The molecule has 5 heteroatoms. The Hall–Kier alpha value is -1.04. The van der Waals surface area contributed by atoms with Crippen LogP contribution in [0.3, 0.4) is 0 Å². The van der Waals surface area contributed by atoms with Crippen LogP contribution < -0.4 is 5.73 Å². The van der Waals surface area contributed by atoms with E-state index in [9.17, 15) is 4.39 Å². The van der Waals surface area contributed by atoms with E-state index in [1.165, 1.54) is 12.1 Å². The van der Waals surface area contributed by atoms with Crippen molar-refractivity contribution in [3.05, 3.63) is 35.1 Å². The third-order valence-corrected chi connectivity index (χ3v) is 3.51. The van der Waals surface area contributed by atoms with Crippen LogP contribution >= 0.6 is 12.2 Å². The zero-order chi connectivity index (χ0) is 13.1. The van der Waals surface area contributed by atoms with Crippen LogP contribution in [0.15, 0.2) is 18.2 Å². The van der Waals surface area contributed by atoms with E-state index in [2.05, 4.69) is 4.90 Å². The molecule has 1 heterocycles. The molecule has 0 amide bonds. The first-order valence-electron chi connectivity index (χ1n) is 5.93. The van der Waals surface area contributed by atoms with Crippen molar-refractivity contribution < 1.29 is 9.13 Å². The van der Waals surface area contributed by atoms with Gasteiger partial charge in [-0.15, -0.1) is 0 Å². The number of benzene rings is 1. The highest BCUT2D eigenvalue weighted by Crippen LogP contribution is 2.18. The molecule has 1 fully saturated rings. The van der Waals surface area contributed by atoms with Gasteiger partial charge < -0.3 is 10.5 Å². The Labute approximate surface area is 112 Å². The maximum absolute atomic E-state index is 13.3. The highest BCUT2D eigenvalue weighted by Gasteiger charge is 2.22. The number of methoxy groups -OCH3 is 1. The van der Waals surface area contributed by atoms with Crippen LogP contribution in [-0.2, 0) is 11.3 Å². The summed E-state index contributed by atoms with van der Waals surface area (Å²) in [6.07, 6.45) is 1.28. The summed E-state index contributed by atoms with van der Waals surface area (Å²) in [7, 11) is 1.72. The van der Waals surface area contributed by atoms with Gasteiger partial charge >= 0.3 is 0 Å². The Morgan fingerprint density at radius 2 is 2.39 bits per heavy atom. The average molecular weight is 268 g/mol. The summed E-state index contributed by atoms with van der Waals surface area (Å²) < 4.78 is 18.6. The van der Waals surface area contributed by atoms with E-state index in [1.54, 1.807) is 13.2 Å². The van der Waals surface area contributed by atoms with Crippen LogP contribution in [0, 0.1) is 5.82 Å². The van der Waals surface area contributed by atoms with Crippen molar-refractivity contribution in [3.8, 4) is 0 Å². The first-order chi connectivity index (χ1) is 8.60. The summed E-state index contributed by atoms with van der Waals surface area (Å²) in [5.74, 6) is -0.257. The normalized spacial score (nSPS) is 20.2. The summed E-state index contributed by atoms with van der Waals surface area (Å²) in [5.41, 5.74) is 7.26. The second-order valence-corrected chi connectivity index (χ2v) is 4.99. The molecule has 0 bridgehead atoms. The second kappa shape index (κ2) is 5.73. The van der Waals surface area contributed by atoms with E-state index < -0.39 is 0 Å². The molecule has 1 aliphatic rings. The lowest BCUT2D eigenvalue weighted by Crippen LogP contribution is -2.24. The molecule has 2 N–H and O–H groups in total. The largest absolute Gasteiger partial charge is 0.389 e. The van der Waals surface area contributed by atoms with Gasteiger partial charge in [0.2, 0.25) is 0 Å². The number of hydrogen-bond donors (Lipinski definition) is 1. The van der Waals surface area contributed by atoms with Gasteiger partial charge in [0, 0.05) is 32.3 Å². The van der Waals surface area contributed by atoms with Gasteiger partial charge in [-0.05, 0) is 30.2 Å². The van der Waals surface area contributed by atoms with Crippen molar-refractivity contribution >= 4 is 17.2 Å². The van der Waals surface area contributed by atoms with Crippen molar-refractivity contribution in [2.24, 2.45) is 5.73 Å². The molecular formula is C13H17FN2OS. The molecule has 1 aromatic carbocycles. The molecule has 3 nitrogen and oxygen atoms in total. The van der Waals surface area contributed by atoms with E-state index in [1.807, 2.05) is 0 Å². The minimum Gasteiger partial charge on any atom is -0.389 e. The number of nitrogens with zero attached hydrogens (tertiary/aromatic N) is 1. The lowest BCUT2D eigenvalue weighted by Gasteiger charge is -2.17. The highest BCUT2D eigenvalue weighted by atomic mass is 32.1. The number of thiocarbonyl (C=S) groups is 1.